The Morgan fingerprint density at radius 3 is 2.44 bits per heavy atom. The first kappa shape index (κ1) is 23.0. The second-order valence-corrected chi connectivity index (χ2v) is 8.76. The van der Waals surface area contributed by atoms with E-state index in [0.717, 1.165) is 16.7 Å². The lowest BCUT2D eigenvalue weighted by atomic mass is 10.1. The maximum Gasteiger partial charge on any atom is 0.339 e. The molecule has 0 unspecified atom stereocenters. The van der Waals surface area contributed by atoms with Gasteiger partial charge >= 0.3 is 10.1 Å². The Morgan fingerprint density at radius 1 is 1.00 bits per heavy atom. The molecule has 7 nitrogen and oxygen atoms in total. The SMILES string of the molecule is COc1cccc(CC(=O)N/N=C\c2ccc(C)cc2OS(=O)(=O)c2ccc(C)cc2)c1. The summed E-state index contributed by atoms with van der Waals surface area (Å²) in [7, 11) is -2.46. The van der Waals surface area contributed by atoms with Crippen LogP contribution < -0.4 is 14.3 Å². The minimum Gasteiger partial charge on any atom is -0.497 e. The fourth-order valence-corrected chi connectivity index (χ4v) is 3.82. The molecule has 3 aromatic rings. The van der Waals surface area contributed by atoms with Crippen LogP contribution in [-0.4, -0.2) is 27.6 Å². The van der Waals surface area contributed by atoms with E-state index in [-0.39, 0.29) is 23.0 Å². The van der Waals surface area contributed by atoms with Crippen molar-refractivity contribution in [3.63, 3.8) is 0 Å². The lowest BCUT2D eigenvalue weighted by Crippen LogP contribution is -2.20. The van der Waals surface area contributed by atoms with Crippen LogP contribution in [0.5, 0.6) is 11.5 Å². The van der Waals surface area contributed by atoms with E-state index in [0.29, 0.717) is 11.3 Å². The van der Waals surface area contributed by atoms with Crippen LogP contribution in [0.15, 0.2) is 76.7 Å². The molecule has 3 aromatic carbocycles. The molecule has 0 heterocycles. The Morgan fingerprint density at radius 2 is 1.72 bits per heavy atom. The minimum absolute atomic E-state index is 0.0547. The van der Waals surface area contributed by atoms with Gasteiger partial charge in [0.05, 0.1) is 19.7 Å². The zero-order valence-electron chi connectivity index (χ0n) is 18.0. The Kier molecular flexibility index (Phi) is 7.27. The molecule has 3 rings (SSSR count). The number of hydrazone groups is 1. The molecule has 8 heteroatoms. The Bertz CT molecular complexity index is 1240. The molecule has 166 valence electrons. The number of benzene rings is 3. The van der Waals surface area contributed by atoms with Gasteiger partial charge in [0.2, 0.25) is 5.91 Å². The smallest absolute Gasteiger partial charge is 0.339 e. The number of hydrogen-bond acceptors (Lipinski definition) is 6. The molecule has 0 aromatic heterocycles. The maximum absolute atomic E-state index is 12.7. The number of carbonyl (C=O) groups is 1. The Hall–Kier alpha value is -3.65. The Balaban J connectivity index is 1.72. The van der Waals surface area contributed by atoms with Crippen molar-refractivity contribution in [2.24, 2.45) is 5.10 Å². The molecular weight excluding hydrogens is 428 g/mol. The zero-order valence-corrected chi connectivity index (χ0v) is 18.8. The number of carbonyl (C=O) groups excluding carboxylic acids is 1. The molecule has 0 atom stereocenters. The predicted octanol–water partition coefficient (Wildman–Crippen LogP) is 3.77. The lowest BCUT2D eigenvalue weighted by Gasteiger charge is -2.10. The third kappa shape index (κ3) is 6.18. The minimum atomic E-state index is -4.02. The maximum atomic E-state index is 12.7. The van der Waals surface area contributed by atoms with Gasteiger partial charge in [0.25, 0.3) is 0 Å². The second-order valence-electron chi connectivity index (χ2n) is 7.21. The topological polar surface area (TPSA) is 94.1 Å². The first-order chi connectivity index (χ1) is 15.3. The van der Waals surface area contributed by atoms with Crippen molar-refractivity contribution in [1.82, 2.24) is 5.43 Å². The van der Waals surface area contributed by atoms with Crippen molar-refractivity contribution in [2.45, 2.75) is 25.2 Å². The number of nitrogens with one attached hydrogen (secondary N) is 1. The summed E-state index contributed by atoms with van der Waals surface area (Å²) < 4.78 is 35.9. The lowest BCUT2D eigenvalue weighted by molar-refractivity contribution is -0.120. The van der Waals surface area contributed by atoms with Crippen molar-refractivity contribution in [1.29, 1.82) is 0 Å². The molecule has 32 heavy (non-hydrogen) atoms. The van der Waals surface area contributed by atoms with Gasteiger partial charge in [-0.15, -0.1) is 0 Å². The average molecular weight is 453 g/mol. The van der Waals surface area contributed by atoms with Crippen molar-refractivity contribution in [3.8, 4) is 11.5 Å². The van der Waals surface area contributed by atoms with Crippen LogP contribution in [0.4, 0.5) is 0 Å². The summed E-state index contributed by atoms with van der Waals surface area (Å²) >= 11 is 0. The van der Waals surface area contributed by atoms with E-state index in [9.17, 15) is 13.2 Å². The highest BCUT2D eigenvalue weighted by Crippen LogP contribution is 2.24. The van der Waals surface area contributed by atoms with Gasteiger partial charge in [-0.25, -0.2) is 5.43 Å². The number of hydrogen-bond donors (Lipinski definition) is 1. The number of amides is 1. The molecule has 0 fully saturated rings. The van der Waals surface area contributed by atoms with Crippen molar-refractivity contribution < 1.29 is 22.1 Å². The monoisotopic (exact) mass is 452 g/mol. The number of nitrogens with zero attached hydrogens (tertiary/aromatic N) is 1. The molecular formula is C24H24N2O5S. The van der Waals surface area contributed by atoms with Crippen LogP contribution in [0.25, 0.3) is 0 Å². The highest BCUT2D eigenvalue weighted by atomic mass is 32.2. The summed E-state index contributed by atoms with van der Waals surface area (Å²) in [6, 6.07) is 18.6. The molecule has 1 N–H and O–H groups in total. The summed E-state index contributed by atoms with van der Waals surface area (Å²) in [6.07, 6.45) is 1.47. The van der Waals surface area contributed by atoms with Gasteiger partial charge < -0.3 is 8.92 Å². The van der Waals surface area contributed by atoms with Gasteiger partial charge in [0, 0.05) is 5.56 Å². The largest absolute Gasteiger partial charge is 0.497 e. The van der Waals surface area contributed by atoms with E-state index < -0.39 is 10.1 Å². The number of ether oxygens (including phenoxy) is 1. The Labute approximate surface area is 187 Å². The van der Waals surface area contributed by atoms with Crippen LogP contribution in [0, 0.1) is 13.8 Å². The third-order valence-electron chi connectivity index (χ3n) is 4.57. The summed E-state index contributed by atoms with van der Waals surface area (Å²) in [5.41, 5.74) is 5.39. The number of aryl methyl sites for hydroxylation is 2. The molecule has 0 spiro atoms. The van der Waals surface area contributed by atoms with Crippen LogP contribution in [0.2, 0.25) is 0 Å². The molecule has 0 aliphatic heterocycles. The van der Waals surface area contributed by atoms with E-state index in [4.69, 9.17) is 8.92 Å². The van der Waals surface area contributed by atoms with E-state index in [1.54, 1.807) is 55.6 Å². The van der Waals surface area contributed by atoms with Gasteiger partial charge in [0.1, 0.15) is 10.6 Å². The predicted molar refractivity (Wildman–Crippen MR) is 123 cm³/mol. The first-order valence-electron chi connectivity index (χ1n) is 9.83. The van der Waals surface area contributed by atoms with Crippen molar-refractivity contribution in [3.05, 3.63) is 89.0 Å². The van der Waals surface area contributed by atoms with Gasteiger partial charge in [-0.3, -0.25) is 4.79 Å². The van der Waals surface area contributed by atoms with E-state index in [2.05, 4.69) is 10.5 Å². The van der Waals surface area contributed by atoms with Crippen molar-refractivity contribution in [2.75, 3.05) is 7.11 Å². The summed E-state index contributed by atoms with van der Waals surface area (Å²) in [4.78, 5) is 12.2. The molecule has 0 saturated heterocycles. The van der Waals surface area contributed by atoms with Crippen LogP contribution in [0.3, 0.4) is 0 Å². The molecule has 1 amide bonds. The average Bonchev–Trinajstić information content (AvgIpc) is 2.75. The normalized spacial score (nSPS) is 11.3. The summed E-state index contributed by atoms with van der Waals surface area (Å²) in [5, 5.41) is 3.95. The number of rotatable bonds is 8. The molecule has 0 aliphatic carbocycles. The standard InChI is InChI=1S/C24H24N2O5S/c1-17-8-11-22(12-9-17)32(28,29)31-23-13-18(2)7-10-20(23)16-25-26-24(27)15-19-5-4-6-21(14-19)30-3/h4-14,16H,15H2,1-3H3,(H,26,27)/b25-16-. The van der Waals surface area contributed by atoms with Gasteiger partial charge in [-0.1, -0.05) is 35.9 Å². The summed E-state index contributed by atoms with van der Waals surface area (Å²) in [5.74, 6) is 0.461. The van der Waals surface area contributed by atoms with E-state index in [1.165, 1.54) is 18.3 Å². The molecule has 0 saturated carbocycles. The van der Waals surface area contributed by atoms with Crippen molar-refractivity contribution >= 4 is 22.2 Å². The fourth-order valence-electron chi connectivity index (χ4n) is 2.87. The first-order valence-corrected chi connectivity index (χ1v) is 11.2. The third-order valence-corrected chi connectivity index (χ3v) is 5.82. The van der Waals surface area contributed by atoms with Gasteiger partial charge in [0.15, 0.2) is 5.75 Å². The van der Waals surface area contributed by atoms with E-state index in [1.807, 2.05) is 19.9 Å². The van der Waals surface area contributed by atoms with Crippen LogP contribution in [0.1, 0.15) is 22.3 Å². The number of methoxy groups -OCH3 is 1. The summed E-state index contributed by atoms with van der Waals surface area (Å²) in [6.45, 7) is 3.69. The van der Waals surface area contributed by atoms with Crippen LogP contribution in [-0.2, 0) is 21.3 Å². The second kappa shape index (κ2) is 10.1. The molecule has 0 aliphatic rings. The quantitative estimate of drug-likeness (QED) is 0.319. The fraction of sp³-hybridized carbons (Fsp3) is 0.167. The van der Waals surface area contributed by atoms with Gasteiger partial charge in [-0.05, 0) is 61.4 Å². The highest BCUT2D eigenvalue weighted by molar-refractivity contribution is 7.87. The highest BCUT2D eigenvalue weighted by Gasteiger charge is 2.18. The zero-order chi connectivity index (χ0) is 23.1. The molecule has 0 radical (unpaired) electrons. The van der Waals surface area contributed by atoms with Crippen LogP contribution >= 0.6 is 0 Å². The van der Waals surface area contributed by atoms with Gasteiger partial charge in [-0.2, -0.15) is 13.5 Å². The molecule has 0 bridgehead atoms. The van der Waals surface area contributed by atoms with E-state index >= 15 is 0 Å².